The first kappa shape index (κ1) is 18.1. The molecule has 1 saturated heterocycles. The highest BCUT2D eigenvalue weighted by Crippen LogP contribution is 2.32. The largest absolute Gasteiger partial charge is 0.444 e. The molecule has 0 radical (unpaired) electrons. The summed E-state index contributed by atoms with van der Waals surface area (Å²) in [4.78, 5) is 31.4. The summed E-state index contributed by atoms with van der Waals surface area (Å²) in [6, 6.07) is -0.507. The van der Waals surface area contributed by atoms with E-state index in [0.29, 0.717) is 13.1 Å². The fourth-order valence-corrected chi connectivity index (χ4v) is 3.40. The Balaban J connectivity index is 1.98. The van der Waals surface area contributed by atoms with Crippen molar-refractivity contribution in [2.24, 2.45) is 0 Å². The van der Waals surface area contributed by atoms with Crippen LogP contribution in [-0.4, -0.2) is 59.5 Å². The van der Waals surface area contributed by atoms with Crippen molar-refractivity contribution in [1.29, 1.82) is 0 Å². The van der Waals surface area contributed by atoms with E-state index in [4.69, 9.17) is 9.57 Å². The average Bonchev–Trinajstić information content (AvgIpc) is 2.67. The zero-order valence-electron chi connectivity index (χ0n) is 13.5. The lowest BCUT2D eigenvalue weighted by atomic mass is 10.1. The molecule has 2 atom stereocenters. The fraction of sp³-hybridized carbons (Fsp3) is 0.600. The van der Waals surface area contributed by atoms with E-state index in [1.807, 2.05) is 6.08 Å². The van der Waals surface area contributed by atoms with Crippen LogP contribution in [0.3, 0.4) is 0 Å². The highest BCUT2D eigenvalue weighted by molar-refractivity contribution is 14.1. The van der Waals surface area contributed by atoms with Crippen molar-refractivity contribution in [1.82, 2.24) is 15.3 Å². The Morgan fingerprint density at radius 2 is 2.26 bits per heavy atom. The molecule has 0 spiro atoms. The molecule has 0 aliphatic carbocycles. The van der Waals surface area contributed by atoms with E-state index in [0.717, 1.165) is 3.58 Å². The smallest absolute Gasteiger partial charge is 0.407 e. The summed E-state index contributed by atoms with van der Waals surface area (Å²) < 4.78 is 6.22. The van der Waals surface area contributed by atoms with E-state index in [2.05, 4.69) is 34.5 Å². The summed E-state index contributed by atoms with van der Waals surface area (Å²) in [6.07, 6.45) is 3.10. The van der Waals surface area contributed by atoms with Crippen molar-refractivity contribution in [3.63, 3.8) is 0 Å². The Morgan fingerprint density at radius 1 is 1.57 bits per heavy atom. The van der Waals surface area contributed by atoms with E-state index in [9.17, 15) is 9.59 Å². The minimum atomic E-state index is -0.552. The molecule has 2 heterocycles. The van der Waals surface area contributed by atoms with Crippen LogP contribution < -0.4 is 5.32 Å². The number of hydroxylamine groups is 2. The van der Waals surface area contributed by atoms with Gasteiger partial charge in [0.1, 0.15) is 5.60 Å². The number of fused-ring (bicyclic) bond motifs is 2. The minimum Gasteiger partial charge on any atom is -0.444 e. The first-order chi connectivity index (χ1) is 10.7. The van der Waals surface area contributed by atoms with Crippen molar-refractivity contribution >= 4 is 34.7 Å². The van der Waals surface area contributed by atoms with Crippen LogP contribution in [0.15, 0.2) is 22.3 Å². The van der Waals surface area contributed by atoms with Crippen LogP contribution >= 0.6 is 22.6 Å². The molecule has 1 fully saturated rings. The number of rotatable bonds is 5. The molecule has 0 aromatic heterocycles. The number of halogens is 1. The number of amides is 3. The molecule has 0 saturated carbocycles. The van der Waals surface area contributed by atoms with Crippen molar-refractivity contribution in [2.75, 3.05) is 19.7 Å². The molecule has 2 aliphatic heterocycles. The van der Waals surface area contributed by atoms with Gasteiger partial charge in [0.15, 0.2) is 0 Å². The van der Waals surface area contributed by atoms with Gasteiger partial charge in [-0.25, -0.2) is 9.59 Å². The van der Waals surface area contributed by atoms with Gasteiger partial charge in [0, 0.05) is 16.7 Å². The lowest BCUT2D eigenvalue weighted by Crippen LogP contribution is -2.47. The summed E-state index contributed by atoms with van der Waals surface area (Å²) >= 11 is 2.19. The summed E-state index contributed by atoms with van der Waals surface area (Å²) in [7, 11) is 0. The molecule has 2 bridgehead atoms. The fourth-order valence-electron chi connectivity index (χ4n) is 2.43. The number of carbonyl (C=O) groups excluding carboxylic acids is 2. The second kappa shape index (κ2) is 7.08. The van der Waals surface area contributed by atoms with Crippen molar-refractivity contribution in [2.45, 2.75) is 38.5 Å². The zero-order chi connectivity index (χ0) is 17.2. The molecule has 2 aliphatic rings. The van der Waals surface area contributed by atoms with E-state index in [1.54, 1.807) is 31.7 Å². The van der Waals surface area contributed by atoms with Gasteiger partial charge >= 0.3 is 12.1 Å². The van der Waals surface area contributed by atoms with E-state index in [-0.39, 0.29) is 24.7 Å². The SMILES string of the molecule is C=CCON1C(=O)N2C[C@H]1C=C(I)[C@H]2CNC(=O)OC(C)(C)C. The van der Waals surface area contributed by atoms with Gasteiger partial charge in [-0.05, 0) is 49.4 Å². The van der Waals surface area contributed by atoms with Crippen molar-refractivity contribution < 1.29 is 19.2 Å². The van der Waals surface area contributed by atoms with Crippen LogP contribution in [0, 0.1) is 0 Å². The number of carbonyl (C=O) groups is 2. The lowest BCUT2D eigenvalue weighted by Gasteiger charge is -2.29. The monoisotopic (exact) mass is 435 g/mol. The Labute approximate surface area is 149 Å². The predicted molar refractivity (Wildman–Crippen MR) is 94.0 cm³/mol. The van der Waals surface area contributed by atoms with Crippen LogP contribution in [0.1, 0.15) is 20.8 Å². The first-order valence-electron chi connectivity index (χ1n) is 7.40. The number of hydrogen-bond donors (Lipinski definition) is 1. The van der Waals surface area contributed by atoms with Crippen LogP contribution in [0.25, 0.3) is 0 Å². The zero-order valence-corrected chi connectivity index (χ0v) is 15.7. The van der Waals surface area contributed by atoms with Gasteiger partial charge in [-0.1, -0.05) is 6.08 Å². The Kier molecular flexibility index (Phi) is 5.56. The molecule has 3 amide bonds. The van der Waals surface area contributed by atoms with Gasteiger partial charge in [-0.3, -0.25) is 4.84 Å². The molecule has 0 unspecified atom stereocenters. The third-order valence-electron chi connectivity index (χ3n) is 3.34. The van der Waals surface area contributed by atoms with Gasteiger partial charge in [0.05, 0.1) is 18.7 Å². The van der Waals surface area contributed by atoms with Crippen molar-refractivity contribution in [3.8, 4) is 0 Å². The third kappa shape index (κ3) is 4.37. The number of urea groups is 1. The molecule has 8 heteroatoms. The van der Waals surface area contributed by atoms with E-state index in [1.165, 1.54) is 5.06 Å². The van der Waals surface area contributed by atoms with Crippen LogP contribution in [0.2, 0.25) is 0 Å². The van der Waals surface area contributed by atoms with E-state index < -0.39 is 11.7 Å². The number of ether oxygens (including phenoxy) is 1. The maximum Gasteiger partial charge on any atom is 0.407 e. The Hall–Kier alpha value is -1.29. The Bertz CT molecular complexity index is 529. The standard InChI is InChI=1S/C15H22IN3O4/c1-5-6-22-19-10-7-11(16)12(18(9-10)14(19)21)8-17-13(20)23-15(2,3)4/h5,7,10,12H,1,6,8-9H2,2-4H3,(H,17,20)/t10-,12-/m1/s1. The summed E-state index contributed by atoms with van der Waals surface area (Å²) in [5.41, 5.74) is -0.552. The quantitative estimate of drug-likeness (QED) is 0.532. The predicted octanol–water partition coefficient (Wildman–Crippen LogP) is 2.44. The van der Waals surface area contributed by atoms with Gasteiger partial charge in [0.2, 0.25) is 0 Å². The summed E-state index contributed by atoms with van der Waals surface area (Å²) in [5.74, 6) is 0. The average molecular weight is 435 g/mol. The maximum absolute atomic E-state index is 12.4. The summed E-state index contributed by atoms with van der Waals surface area (Å²) in [5, 5.41) is 4.09. The number of alkyl carbamates (subject to hydrolysis) is 1. The molecule has 1 N–H and O–H groups in total. The molecule has 128 valence electrons. The highest BCUT2D eigenvalue weighted by atomic mass is 127. The molecular weight excluding hydrogens is 413 g/mol. The van der Waals surface area contributed by atoms with Gasteiger partial charge in [-0.2, -0.15) is 5.06 Å². The number of nitrogens with zero attached hydrogens (tertiary/aromatic N) is 2. The van der Waals surface area contributed by atoms with Gasteiger partial charge in [0.25, 0.3) is 0 Å². The molecule has 0 aromatic rings. The molecule has 2 rings (SSSR count). The summed E-state index contributed by atoms with van der Waals surface area (Å²) in [6.45, 7) is 10.1. The lowest BCUT2D eigenvalue weighted by molar-refractivity contribution is -0.107. The third-order valence-corrected chi connectivity index (χ3v) is 4.41. The van der Waals surface area contributed by atoms with Crippen LogP contribution in [0.4, 0.5) is 9.59 Å². The molecule has 7 nitrogen and oxygen atoms in total. The maximum atomic E-state index is 12.4. The molecule has 0 aromatic carbocycles. The van der Waals surface area contributed by atoms with Crippen LogP contribution in [0.5, 0.6) is 0 Å². The van der Waals surface area contributed by atoms with Gasteiger partial charge in [-0.15, -0.1) is 6.58 Å². The normalized spacial score (nSPS) is 23.7. The second-order valence-electron chi connectivity index (χ2n) is 6.36. The first-order valence-corrected chi connectivity index (χ1v) is 8.48. The number of hydrogen-bond acceptors (Lipinski definition) is 4. The highest BCUT2D eigenvalue weighted by Gasteiger charge is 2.45. The molecule has 23 heavy (non-hydrogen) atoms. The number of nitrogens with one attached hydrogen (secondary N) is 1. The van der Waals surface area contributed by atoms with Crippen LogP contribution in [-0.2, 0) is 9.57 Å². The van der Waals surface area contributed by atoms with Gasteiger partial charge < -0.3 is 15.0 Å². The molecular formula is C15H22IN3O4. The van der Waals surface area contributed by atoms with Crippen molar-refractivity contribution in [3.05, 3.63) is 22.3 Å². The topological polar surface area (TPSA) is 71.1 Å². The second-order valence-corrected chi connectivity index (χ2v) is 7.61. The van der Waals surface area contributed by atoms with E-state index >= 15 is 0 Å². The minimum absolute atomic E-state index is 0.105. The Morgan fingerprint density at radius 3 is 2.87 bits per heavy atom.